The number of hydrogen-bond donors (Lipinski definition) is 1. The molecule has 1 saturated carbocycles. The van der Waals surface area contributed by atoms with Gasteiger partial charge in [-0.2, -0.15) is 0 Å². The molecule has 0 saturated heterocycles. The third kappa shape index (κ3) is 4.76. The fourth-order valence-corrected chi connectivity index (χ4v) is 4.83. The minimum Gasteiger partial charge on any atom is -0.355 e. The average Bonchev–Trinajstić information content (AvgIpc) is 2.73. The van der Waals surface area contributed by atoms with E-state index in [1.807, 2.05) is 12.1 Å². The van der Waals surface area contributed by atoms with Crippen molar-refractivity contribution in [1.82, 2.24) is 4.90 Å². The minimum atomic E-state index is 0.694. The van der Waals surface area contributed by atoms with Crippen LogP contribution in [0.2, 0.25) is 5.02 Å². The number of halogens is 1. The molecule has 1 aliphatic carbocycles. The lowest BCUT2D eigenvalue weighted by molar-refractivity contribution is 0.219. The fourth-order valence-electron chi connectivity index (χ4n) is 4.66. The van der Waals surface area contributed by atoms with Gasteiger partial charge in [-0.1, -0.05) is 54.4 Å². The highest BCUT2D eigenvalue weighted by atomic mass is 35.5. The first-order chi connectivity index (χ1) is 13.7. The zero-order valence-corrected chi connectivity index (χ0v) is 17.2. The molecule has 2 aromatic rings. The zero-order chi connectivity index (χ0) is 19.3. The first-order valence-electron chi connectivity index (χ1n) is 10.6. The van der Waals surface area contributed by atoms with Gasteiger partial charge in [0.25, 0.3) is 0 Å². The largest absolute Gasteiger partial charge is 0.355 e. The van der Waals surface area contributed by atoms with Crippen molar-refractivity contribution in [1.29, 1.82) is 0 Å². The Bertz CT molecular complexity index is 818. The summed E-state index contributed by atoms with van der Waals surface area (Å²) in [5.41, 5.74) is 9.64. The second-order valence-corrected chi connectivity index (χ2v) is 8.74. The Balaban J connectivity index is 1.52. The van der Waals surface area contributed by atoms with E-state index in [4.69, 9.17) is 22.3 Å². The second-order valence-electron chi connectivity index (χ2n) is 8.30. The smallest absolute Gasteiger partial charge is 0.105 e. The summed E-state index contributed by atoms with van der Waals surface area (Å²) in [5, 5.41) is 0.761. The first kappa shape index (κ1) is 19.5. The lowest BCUT2D eigenvalue weighted by Gasteiger charge is -2.36. The predicted octanol–water partition coefficient (Wildman–Crippen LogP) is 5.58. The van der Waals surface area contributed by atoms with Crippen LogP contribution in [0.15, 0.2) is 53.5 Å². The molecule has 3 nitrogen and oxygen atoms in total. The van der Waals surface area contributed by atoms with Crippen LogP contribution in [-0.2, 0) is 13.0 Å². The van der Waals surface area contributed by atoms with Crippen LogP contribution in [0.1, 0.15) is 43.2 Å². The van der Waals surface area contributed by atoms with E-state index in [0.717, 1.165) is 49.1 Å². The van der Waals surface area contributed by atoms with E-state index >= 15 is 0 Å². The summed E-state index contributed by atoms with van der Waals surface area (Å²) in [4.78, 5) is 7.56. The first-order valence-corrected chi connectivity index (χ1v) is 10.9. The van der Waals surface area contributed by atoms with Crippen molar-refractivity contribution >= 4 is 23.1 Å². The SMILES string of the molecule is NCC1CCCC(CN2Cc3ccc(Cl)cc3N=C2CCc2ccccc2)C1. The maximum absolute atomic E-state index is 6.23. The highest BCUT2D eigenvalue weighted by molar-refractivity contribution is 6.30. The topological polar surface area (TPSA) is 41.6 Å². The van der Waals surface area contributed by atoms with E-state index in [-0.39, 0.29) is 0 Å². The van der Waals surface area contributed by atoms with Crippen molar-refractivity contribution in [3.63, 3.8) is 0 Å². The molecule has 0 spiro atoms. The van der Waals surface area contributed by atoms with Gasteiger partial charge in [0.15, 0.2) is 0 Å². The van der Waals surface area contributed by atoms with E-state index in [1.54, 1.807) is 0 Å². The van der Waals surface area contributed by atoms with Crippen molar-refractivity contribution in [2.24, 2.45) is 22.6 Å². The van der Waals surface area contributed by atoms with Gasteiger partial charge in [-0.15, -0.1) is 0 Å². The van der Waals surface area contributed by atoms with Gasteiger partial charge in [0.2, 0.25) is 0 Å². The molecule has 0 bridgehead atoms. The average molecular weight is 396 g/mol. The van der Waals surface area contributed by atoms with Crippen LogP contribution in [0.4, 0.5) is 5.69 Å². The maximum Gasteiger partial charge on any atom is 0.105 e. The molecule has 0 radical (unpaired) electrons. The lowest BCUT2D eigenvalue weighted by atomic mass is 9.81. The molecule has 1 fully saturated rings. The standard InChI is InChI=1S/C24H30ClN3/c25-22-11-10-21-17-28(16-20-8-4-7-19(13-20)15-26)24(27-23(21)14-22)12-9-18-5-2-1-3-6-18/h1-3,5-6,10-11,14,19-20H,4,7-9,12-13,15-17,26H2. The van der Waals surface area contributed by atoms with Crippen LogP contribution < -0.4 is 5.73 Å². The van der Waals surface area contributed by atoms with E-state index in [9.17, 15) is 0 Å². The van der Waals surface area contributed by atoms with Crippen molar-refractivity contribution in [2.75, 3.05) is 13.1 Å². The third-order valence-corrected chi connectivity index (χ3v) is 6.44. The van der Waals surface area contributed by atoms with E-state index < -0.39 is 0 Å². The van der Waals surface area contributed by atoms with Gasteiger partial charge in [-0.3, -0.25) is 0 Å². The molecule has 0 amide bonds. The van der Waals surface area contributed by atoms with E-state index in [0.29, 0.717) is 5.92 Å². The van der Waals surface area contributed by atoms with Crippen LogP contribution in [0.25, 0.3) is 0 Å². The number of amidine groups is 1. The molecule has 2 N–H and O–H groups in total. The fraction of sp³-hybridized carbons (Fsp3) is 0.458. The molecular weight excluding hydrogens is 366 g/mol. The Morgan fingerprint density at radius 2 is 1.86 bits per heavy atom. The summed E-state index contributed by atoms with van der Waals surface area (Å²) in [6.45, 7) is 2.85. The lowest BCUT2D eigenvalue weighted by Crippen LogP contribution is -2.38. The normalized spacial score (nSPS) is 21.9. The minimum absolute atomic E-state index is 0.694. The number of nitrogens with two attached hydrogens (primary N) is 1. The number of benzene rings is 2. The number of fused-ring (bicyclic) bond motifs is 1. The van der Waals surface area contributed by atoms with Crippen LogP contribution in [-0.4, -0.2) is 23.8 Å². The maximum atomic E-state index is 6.23. The third-order valence-electron chi connectivity index (χ3n) is 6.21. The molecule has 4 rings (SSSR count). The molecular formula is C24H30ClN3. The highest BCUT2D eigenvalue weighted by Crippen LogP contribution is 2.33. The molecule has 4 heteroatoms. The molecule has 28 heavy (non-hydrogen) atoms. The van der Waals surface area contributed by atoms with Gasteiger partial charge >= 0.3 is 0 Å². The van der Waals surface area contributed by atoms with Gasteiger partial charge in [-0.25, -0.2) is 4.99 Å². The highest BCUT2D eigenvalue weighted by Gasteiger charge is 2.26. The van der Waals surface area contributed by atoms with E-state index in [1.165, 1.54) is 42.6 Å². The zero-order valence-electron chi connectivity index (χ0n) is 16.5. The Labute approximate surface area is 173 Å². The Hall–Kier alpha value is -1.84. The molecule has 0 aromatic heterocycles. The number of aliphatic imine (C=N–C) groups is 1. The van der Waals surface area contributed by atoms with Crippen molar-refractivity contribution in [3.05, 3.63) is 64.7 Å². The molecule has 2 aromatic carbocycles. The van der Waals surface area contributed by atoms with Crippen LogP contribution >= 0.6 is 11.6 Å². The van der Waals surface area contributed by atoms with Gasteiger partial charge in [0, 0.05) is 24.5 Å². The van der Waals surface area contributed by atoms with Gasteiger partial charge in [0.05, 0.1) is 5.69 Å². The van der Waals surface area contributed by atoms with E-state index in [2.05, 4.69) is 41.3 Å². The van der Waals surface area contributed by atoms with Crippen molar-refractivity contribution in [3.8, 4) is 0 Å². The molecule has 1 aliphatic heterocycles. The summed E-state index contributed by atoms with van der Waals surface area (Å²) in [7, 11) is 0. The Morgan fingerprint density at radius 1 is 1.04 bits per heavy atom. The number of aryl methyl sites for hydroxylation is 1. The second kappa shape index (κ2) is 9.11. The number of hydrogen-bond acceptors (Lipinski definition) is 3. The van der Waals surface area contributed by atoms with Crippen molar-refractivity contribution in [2.45, 2.75) is 45.1 Å². The summed E-state index contributed by atoms with van der Waals surface area (Å²) >= 11 is 6.23. The molecule has 1 heterocycles. The van der Waals surface area contributed by atoms with Crippen LogP contribution in [0.5, 0.6) is 0 Å². The molecule has 2 aliphatic rings. The van der Waals surface area contributed by atoms with Gasteiger partial charge in [0.1, 0.15) is 5.84 Å². The quantitative estimate of drug-likeness (QED) is 0.693. The van der Waals surface area contributed by atoms with Crippen LogP contribution in [0, 0.1) is 11.8 Å². The number of rotatable bonds is 6. The Kier molecular flexibility index (Phi) is 6.33. The number of nitrogens with zero attached hydrogens (tertiary/aromatic N) is 2. The van der Waals surface area contributed by atoms with Crippen molar-refractivity contribution < 1.29 is 0 Å². The summed E-state index contributed by atoms with van der Waals surface area (Å²) in [6, 6.07) is 16.8. The molecule has 2 unspecified atom stereocenters. The summed E-state index contributed by atoms with van der Waals surface area (Å²) < 4.78 is 0. The predicted molar refractivity (Wildman–Crippen MR) is 118 cm³/mol. The van der Waals surface area contributed by atoms with Crippen LogP contribution in [0.3, 0.4) is 0 Å². The monoisotopic (exact) mass is 395 g/mol. The Morgan fingerprint density at radius 3 is 2.68 bits per heavy atom. The van der Waals surface area contributed by atoms with Gasteiger partial charge < -0.3 is 10.6 Å². The molecule has 2 atom stereocenters. The summed E-state index contributed by atoms with van der Waals surface area (Å²) in [6.07, 6.45) is 7.15. The van der Waals surface area contributed by atoms with Gasteiger partial charge in [-0.05, 0) is 67.3 Å². The summed E-state index contributed by atoms with van der Waals surface area (Å²) in [5.74, 6) is 2.62. The molecule has 148 valence electrons.